The van der Waals surface area contributed by atoms with Gasteiger partial charge >= 0.3 is 0 Å². The van der Waals surface area contributed by atoms with Gasteiger partial charge in [-0.1, -0.05) is 20.8 Å². The van der Waals surface area contributed by atoms with E-state index in [2.05, 4.69) is 32.9 Å². The van der Waals surface area contributed by atoms with Gasteiger partial charge in [-0.2, -0.15) is 0 Å². The summed E-state index contributed by atoms with van der Waals surface area (Å²) < 4.78 is 0. The third-order valence-electron chi connectivity index (χ3n) is 2.67. The van der Waals surface area contributed by atoms with Crippen molar-refractivity contribution in [3.8, 4) is 0 Å². The maximum atomic E-state index is 6.38. The molecule has 2 heteroatoms. The summed E-state index contributed by atoms with van der Waals surface area (Å²) in [5, 5.41) is 0.274. The van der Waals surface area contributed by atoms with Gasteiger partial charge in [-0.05, 0) is 36.3 Å². The number of halogens is 1. The highest BCUT2D eigenvalue weighted by Gasteiger charge is 2.32. The normalized spacial score (nSPS) is 19.7. The summed E-state index contributed by atoms with van der Waals surface area (Å²) in [6, 6.07) is 4.44. The molecule has 2 rings (SSSR count). The first kappa shape index (κ1) is 10.5. The quantitative estimate of drug-likeness (QED) is 0.642. The number of alkyl halides is 1. The van der Waals surface area contributed by atoms with Crippen LogP contribution < -0.4 is 0 Å². The van der Waals surface area contributed by atoms with Crippen LogP contribution in [0, 0.1) is 5.92 Å². The maximum Gasteiger partial charge on any atom is 0.0706 e. The average Bonchev–Trinajstić information content (AvgIpc) is 2.79. The molecule has 0 bridgehead atoms. The minimum atomic E-state index is 0.267. The fraction of sp³-hybridized carbons (Fsp3) is 0.667. The van der Waals surface area contributed by atoms with E-state index in [0.29, 0.717) is 0 Å². The molecule has 1 atom stereocenters. The molecule has 1 saturated carbocycles. The second kappa shape index (κ2) is 3.53. The van der Waals surface area contributed by atoms with Gasteiger partial charge < -0.3 is 0 Å². The van der Waals surface area contributed by atoms with Crippen LogP contribution in [0.1, 0.15) is 48.7 Å². The first-order valence-corrected chi connectivity index (χ1v) is 6.48. The summed E-state index contributed by atoms with van der Waals surface area (Å²) >= 11 is 8.26. The van der Waals surface area contributed by atoms with E-state index in [1.165, 1.54) is 22.6 Å². The number of rotatable bonds is 2. The van der Waals surface area contributed by atoms with Gasteiger partial charge in [0.1, 0.15) is 0 Å². The largest absolute Gasteiger partial charge is 0.143 e. The van der Waals surface area contributed by atoms with Crippen LogP contribution in [0.25, 0.3) is 0 Å². The molecule has 1 aromatic rings. The predicted octanol–water partition coefficient (Wildman–Crippen LogP) is 4.74. The van der Waals surface area contributed by atoms with Crippen LogP contribution in [0.3, 0.4) is 0 Å². The van der Waals surface area contributed by atoms with Crippen molar-refractivity contribution in [2.45, 2.75) is 44.4 Å². The lowest BCUT2D eigenvalue weighted by Gasteiger charge is -2.15. The Hall–Kier alpha value is -0.0100. The molecule has 1 aliphatic rings. The van der Waals surface area contributed by atoms with Gasteiger partial charge in [0.2, 0.25) is 0 Å². The van der Waals surface area contributed by atoms with E-state index in [1.807, 2.05) is 11.3 Å². The fourth-order valence-corrected chi connectivity index (χ4v) is 3.12. The smallest absolute Gasteiger partial charge is 0.0706 e. The summed E-state index contributed by atoms with van der Waals surface area (Å²) in [5.74, 6) is 0.753. The molecule has 0 radical (unpaired) electrons. The molecule has 14 heavy (non-hydrogen) atoms. The Morgan fingerprint density at radius 3 is 2.43 bits per heavy atom. The van der Waals surface area contributed by atoms with E-state index in [9.17, 15) is 0 Å². The second-order valence-electron chi connectivity index (χ2n) is 5.19. The Labute approximate surface area is 95.3 Å². The average molecular weight is 229 g/mol. The number of thiophene rings is 1. The summed E-state index contributed by atoms with van der Waals surface area (Å²) in [6.07, 6.45) is 2.63. The van der Waals surface area contributed by atoms with Gasteiger partial charge in [-0.3, -0.25) is 0 Å². The summed E-state index contributed by atoms with van der Waals surface area (Å²) in [6.45, 7) is 6.76. The van der Waals surface area contributed by atoms with Crippen LogP contribution >= 0.6 is 22.9 Å². The molecule has 1 heterocycles. The predicted molar refractivity (Wildman–Crippen MR) is 64.3 cm³/mol. The van der Waals surface area contributed by atoms with Gasteiger partial charge in [-0.25, -0.2) is 0 Å². The van der Waals surface area contributed by atoms with E-state index < -0.39 is 0 Å². The van der Waals surface area contributed by atoms with Crippen LogP contribution in [-0.2, 0) is 5.41 Å². The molecule has 1 fully saturated rings. The van der Waals surface area contributed by atoms with Gasteiger partial charge in [0.15, 0.2) is 0 Å². The highest BCUT2D eigenvalue weighted by atomic mass is 35.5. The first-order valence-electron chi connectivity index (χ1n) is 5.23. The molecule has 0 nitrogen and oxygen atoms in total. The van der Waals surface area contributed by atoms with Crippen molar-refractivity contribution in [3.05, 3.63) is 21.9 Å². The first-order chi connectivity index (χ1) is 6.48. The topological polar surface area (TPSA) is 0 Å². The SMILES string of the molecule is CC(C)(C)c1ccc(C(Cl)C2CC2)s1. The van der Waals surface area contributed by atoms with Crippen LogP contribution in [0.15, 0.2) is 12.1 Å². The zero-order valence-electron chi connectivity index (χ0n) is 9.01. The standard InChI is InChI=1S/C12H17ClS/c1-12(2,3)10-7-6-9(14-10)11(13)8-4-5-8/h6-8,11H,4-5H2,1-3H3. The van der Waals surface area contributed by atoms with E-state index in [0.717, 1.165) is 5.92 Å². The van der Waals surface area contributed by atoms with Crippen molar-refractivity contribution in [1.29, 1.82) is 0 Å². The summed E-state index contributed by atoms with van der Waals surface area (Å²) in [5.41, 5.74) is 0.267. The van der Waals surface area contributed by atoms with E-state index in [-0.39, 0.29) is 10.8 Å². The van der Waals surface area contributed by atoms with Crippen molar-refractivity contribution in [1.82, 2.24) is 0 Å². The molecule has 78 valence electrons. The lowest BCUT2D eigenvalue weighted by Crippen LogP contribution is -2.07. The van der Waals surface area contributed by atoms with E-state index >= 15 is 0 Å². The highest BCUT2D eigenvalue weighted by Crippen LogP contribution is 2.47. The molecule has 1 unspecified atom stereocenters. The van der Waals surface area contributed by atoms with Gasteiger partial charge in [0.05, 0.1) is 5.38 Å². The van der Waals surface area contributed by atoms with E-state index in [1.54, 1.807) is 0 Å². The molecule has 0 aromatic carbocycles. The third-order valence-corrected chi connectivity index (χ3v) is 4.99. The molecule has 0 spiro atoms. The molecule has 1 aromatic heterocycles. The van der Waals surface area contributed by atoms with E-state index in [4.69, 9.17) is 11.6 Å². The van der Waals surface area contributed by atoms with Crippen molar-refractivity contribution in [2.75, 3.05) is 0 Å². The molecule has 0 aliphatic heterocycles. The Bertz CT molecular complexity index is 317. The number of hydrogen-bond donors (Lipinski definition) is 0. The van der Waals surface area contributed by atoms with Crippen LogP contribution in [-0.4, -0.2) is 0 Å². The molecule has 0 N–H and O–H groups in total. The summed E-state index contributed by atoms with van der Waals surface area (Å²) in [7, 11) is 0. The van der Waals surface area contributed by atoms with Crippen molar-refractivity contribution in [2.24, 2.45) is 5.92 Å². The Kier molecular flexibility index (Phi) is 2.65. The lowest BCUT2D eigenvalue weighted by atomic mass is 9.95. The van der Waals surface area contributed by atoms with Gasteiger partial charge in [0, 0.05) is 9.75 Å². The maximum absolute atomic E-state index is 6.38. The van der Waals surface area contributed by atoms with Gasteiger partial charge in [-0.15, -0.1) is 22.9 Å². The second-order valence-corrected chi connectivity index (χ2v) is 6.78. The monoisotopic (exact) mass is 228 g/mol. The summed E-state index contributed by atoms with van der Waals surface area (Å²) in [4.78, 5) is 2.80. The number of hydrogen-bond acceptors (Lipinski definition) is 1. The van der Waals surface area contributed by atoms with Crippen LogP contribution in [0.5, 0.6) is 0 Å². The minimum Gasteiger partial charge on any atom is -0.143 e. The fourth-order valence-electron chi connectivity index (χ4n) is 1.53. The molecular formula is C12H17ClS. The minimum absolute atomic E-state index is 0.267. The van der Waals surface area contributed by atoms with Crippen molar-refractivity contribution >= 4 is 22.9 Å². The highest BCUT2D eigenvalue weighted by molar-refractivity contribution is 7.12. The molecular weight excluding hydrogens is 212 g/mol. The van der Waals surface area contributed by atoms with Crippen molar-refractivity contribution in [3.63, 3.8) is 0 Å². The lowest BCUT2D eigenvalue weighted by molar-refractivity contribution is 0.604. The van der Waals surface area contributed by atoms with Crippen LogP contribution in [0.2, 0.25) is 0 Å². The zero-order valence-corrected chi connectivity index (χ0v) is 10.6. The molecule has 1 aliphatic carbocycles. The Balaban J connectivity index is 2.16. The molecule has 0 amide bonds. The Morgan fingerprint density at radius 2 is 2.00 bits per heavy atom. The third kappa shape index (κ3) is 2.14. The van der Waals surface area contributed by atoms with Crippen LogP contribution in [0.4, 0.5) is 0 Å². The van der Waals surface area contributed by atoms with Crippen molar-refractivity contribution < 1.29 is 0 Å². The molecule has 0 saturated heterocycles. The zero-order chi connectivity index (χ0) is 10.3. The Morgan fingerprint density at radius 1 is 1.36 bits per heavy atom. The van der Waals surface area contributed by atoms with Gasteiger partial charge in [0.25, 0.3) is 0 Å².